The summed E-state index contributed by atoms with van der Waals surface area (Å²) in [6.07, 6.45) is 2.39. The van der Waals surface area contributed by atoms with Gasteiger partial charge >= 0.3 is 12.1 Å². The molecule has 1 saturated heterocycles. The van der Waals surface area contributed by atoms with Crippen LogP contribution >= 0.6 is 0 Å². The lowest BCUT2D eigenvalue weighted by molar-refractivity contribution is -0.151. The Kier molecular flexibility index (Phi) is 8.89. The van der Waals surface area contributed by atoms with Crippen molar-refractivity contribution in [2.45, 2.75) is 84.6 Å². The molecule has 0 radical (unpaired) electrons. The average molecular weight is 433 g/mol. The van der Waals surface area contributed by atoms with Gasteiger partial charge in [-0.25, -0.2) is 9.59 Å². The zero-order valence-electron chi connectivity index (χ0n) is 19.3. The maximum absolute atomic E-state index is 13.1. The molecule has 1 aromatic carbocycles. The number of rotatable bonds is 7. The summed E-state index contributed by atoms with van der Waals surface area (Å²) in [6.45, 7) is 9.86. The number of amides is 2. The molecular weight excluding hydrogens is 396 g/mol. The summed E-state index contributed by atoms with van der Waals surface area (Å²) in [7, 11) is 0. The molecule has 1 aromatic rings. The number of nitrogens with zero attached hydrogens (tertiary/aromatic N) is 1. The standard InChI is InChI=1S/C24H36N2O5/c1-6-17(2)20(22(28)30-16-18-12-8-7-9-13-18)25-21(27)19-14-10-11-15-26(19)23(29)31-24(3,4)5/h7-9,12-13,17,19-20H,6,10-11,14-16H2,1-5H3,(H,25,27). The third-order valence-electron chi connectivity index (χ3n) is 5.42. The second-order valence-electron chi connectivity index (χ2n) is 9.15. The number of hydrogen-bond acceptors (Lipinski definition) is 5. The lowest BCUT2D eigenvalue weighted by Gasteiger charge is -2.36. The van der Waals surface area contributed by atoms with Crippen molar-refractivity contribution in [1.82, 2.24) is 10.2 Å². The fraction of sp³-hybridized carbons (Fsp3) is 0.625. The van der Waals surface area contributed by atoms with Gasteiger partial charge in [-0.05, 0) is 51.5 Å². The summed E-state index contributed by atoms with van der Waals surface area (Å²) in [5, 5.41) is 2.86. The number of piperidine rings is 1. The predicted molar refractivity (Wildman–Crippen MR) is 118 cm³/mol. The minimum atomic E-state index is -0.774. The van der Waals surface area contributed by atoms with E-state index in [-0.39, 0.29) is 18.4 Å². The van der Waals surface area contributed by atoms with E-state index in [9.17, 15) is 14.4 Å². The highest BCUT2D eigenvalue weighted by molar-refractivity contribution is 5.90. The van der Waals surface area contributed by atoms with Gasteiger partial charge in [0.1, 0.15) is 24.3 Å². The van der Waals surface area contributed by atoms with Gasteiger partial charge in [0.15, 0.2) is 0 Å². The maximum atomic E-state index is 13.1. The van der Waals surface area contributed by atoms with Crippen LogP contribution in [0.15, 0.2) is 30.3 Å². The first-order valence-electron chi connectivity index (χ1n) is 11.1. The minimum absolute atomic E-state index is 0.106. The third kappa shape index (κ3) is 7.56. The van der Waals surface area contributed by atoms with Crippen LogP contribution in [0.4, 0.5) is 4.79 Å². The van der Waals surface area contributed by atoms with Crippen LogP contribution < -0.4 is 5.32 Å². The third-order valence-corrected chi connectivity index (χ3v) is 5.42. The summed E-state index contributed by atoms with van der Waals surface area (Å²) < 4.78 is 11.0. The van der Waals surface area contributed by atoms with E-state index >= 15 is 0 Å². The molecule has 0 aromatic heterocycles. The van der Waals surface area contributed by atoms with Crippen LogP contribution in [0.1, 0.15) is 65.9 Å². The van der Waals surface area contributed by atoms with Gasteiger partial charge in [-0.3, -0.25) is 9.69 Å². The molecule has 31 heavy (non-hydrogen) atoms. The van der Waals surface area contributed by atoms with E-state index in [4.69, 9.17) is 9.47 Å². The largest absolute Gasteiger partial charge is 0.459 e. The molecule has 0 bridgehead atoms. The predicted octanol–water partition coefficient (Wildman–Crippen LogP) is 4.05. The van der Waals surface area contributed by atoms with Crippen molar-refractivity contribution in [2.75, 3.05) is 6.54 Å². The molecule has 1 N–H and O–H groups in total. The molecule has 3 atom stereocenters. The molecule has 1 fully saturated rings. The van der Waals surface area contributed by atoms with Crippen molar-refractivity contribution in [2.24, 2.45) is 5.92 Å². The van der Waals surface area contributed by atoms with Crippen LogP contribution in [0, 0.1) is 5.92 Å². The Morgan fingerprint density at radius 2 is 1.84 bits per heavy atom. The van der Waals surface area contributed by atoms with Gasteiger partial charge in [-0.1, -0.05) is 50.6 Å². The average Bonchev–Trinajstić information content (AvgIpc) is 2.74. The van der Waals surface area contributed by atoms with Crippen LogP contribution in [0.2, 0.25) is 0 Å². The Bertz CT molecular complexity index is 744. The fourth-order valence-electron chi connectivity index (χ4n) is 3.48. The van der Waals surface area contributed by atoms with E-state index in [1.54, 1.807) is 20.8 Å². The number of benzene rings is 1. The quantitative estimate of drug-likeness (QED) is 0.657. The van der Waals surface area contributed by atoms with Crippen LogP contribution in [0.5, 0.6) is 0 Å². The first-order valence-corrected chi connectivity index (χ1v) is 11.1. The molecule has 0 aliphatic carbocycles. The van der Waals surface area contributed by atoms with Crippen molar-refractivity contribution in [3.05, 3.63) is 35.9 Å². The Labute approximate surface area is 185 Å². The normalized spacial score (nSPS) is 18.6. The maximum Gasteiger partial charge on any atom is 0.410 e. The van der Waals surface area contributed by atoms with Crippen molar-refractivity contribution in [1.29, 1.82) is 0 Å². The van der Waals surface area contributed by atoms with Crippen LogP contribution in [0.3, 0.4) is 0 Å². The first kappa shape index (κ1) is 24.7. The molecule has 0 saturated carbocycles. The van der Waals surface area contributed by atoms with Crippen molar-refractivity contribution < 1.29 is 23.9 Å². The number of hydrogen-bond donors (Lipinski definition) is 1. The summed E-state index contributed by atoms with van der Waals surface area (Å²) in [6, 6.07) is 7.99. The number of esters is 1. The van der Waals surface area contributed by atoms with E-state index in [2.05, 4.69) is 5.32 Å². The monoisotopic (exact) mass is 432 g/mol. The number of nitrogens with one attached hydrogen (secondary N) is 1. The van der Waals surface area contributed by atoms with Crippen molar-refractivity contribution in [3.8, 4) is 0 Å². The zero-order valence-corrected chi connectivity index (χ0v) is 19.3. The second-order valence-corrected chi connectivity index (χ2v) is 9.15. The summed E-state index contributed by atoms with van der Waals surface area (Å²) in [4.78, 5) is 40.0. The molecule has 3 unspecified atom stereocenters. The molecule has 172 valence electrons. The lowest BCUT2D eigenvalue weighted by atomic mass is 9.97. The highest BCUT2D eigenvalue weighted by atomic mass is 16.6. The van der Waals surface area contributed by atoms with Crippen LogP contribution in [-0.4, -0.2) is 47.1 Å². The SMILES string of the molecule is CCC(C)C(NC(=O)C1CCCCN1C(=O)OC(C)(C)C)C(=O)OCc1ccccc1. The smallest absolute Gasteiger partial charge is 0.410 e. The Balaban J connectivity index is 2.07. The molecule has 2 rings (SSSR count). The van der Waals surface area contributed by atoms with E-state index in [0.29, 0.717) is 19.4 Å². The van der Waals surface area contributed by atoms with Crippen molar-refractivity contribution in [3.63, 3.8) is 0 Å². The van der Waals surface area contributed by atoms with Crippen LogP contribution in [0.25, 0.3) is 0 Å². The molecule has 7 nitrogen and oxygen atoms in total. The van der Waals surface area contributed by atoms with Crippen molar-refractivity contribution >= 4 is 18.0 Å². The molecular formula is C24H36N2O5. The fourth-order valence-corrected chi connectivity index (χ4v) is 3.48. The van der Waals surface area contributed by atoms with Gasteiger partial charge in [0, 0.05) is 6.54 Å². The summed E-state index contributed by atoms with van der Waals surface area (Å²) in [5.74, 6) is -0.913. The van der Waals surface area contributed by atoms with Gasteiger partial charge < -0.3 is 14.8 Å². The molecule has 1 aliphatic rings. The Morgan fingerprint density at radius 3 is 2.45 bits per heavy atom. The van der Waals surface area contributed by atoms with Gasteiger partial charge in [0.2, 0.25) is 5.91 Å². The molecule has 1 heterocycles. The number of carbonyl (C=O) groups is 3. The van der Waals surface area contributed by atoms with E-state index in [1.807, 2.05) is 44.2 Å². The van der Waals surface area contributed by atoms with Crippen LogP contribution in [-0.2, 0) is 25.7 Å². The molecule has 0 spiro atoms. The molecule has 7 heteroatoms. The van der Waals surface area contributed by atoms with E-state index in [0.717, 1.165) is 18.4 Å². The van der Waals surface area contributed by atoms with Gasteiger partial charge in [0.25, 0.3) is 0 Å². The Hall–Kier alpha value is -2.57. The number of carbonyl (C=O) groups excluding carboxylic acids is 3. The van der Waals surface area contributed by atoms with Gasteiger partial charge in [-0.2, -0.15) is 0 Å². The minimum Gasteiger partial charge on any atom is -0.459 e. The number of ether oxygens (including phenoxy) is 2. The first-order chi connectivity index (χ1) is 14.6. The second kappa shape index (κ2) is 11.2. The Morgan fingerprint density at radius 1 is 1.16 bits per heavy atom. The summed E-state index contributed by atoms with van der Waals surface area (Å²) >= 11 is 0. The van der Waals surface area contributed by atoms with Gasteiger partial charge in [-0.15, -0.1) is 0 Å². The lowest BCUT2D eigenvalue weighted by Crippen LogP contribution is -2.57. The van der Waals surface area contributed by atoms with E-state index in [1.165, 1.54) is 4.90 Å². The topological polar surface area (TPSA) is 84.9 Å². The molecule has 2 amide bonds. The highest BCUT2D eigenvalue weighted by Gasteiger charge is 2.37. The zero-order chi connectivity index (χ0) is 23.0. The number of likely N-dealkylation sites (tertiary alicyclic amines) is 1. The molecule has 1 aliphatic heterocycles. The van der Waals surface area contributed by atoms with E-state index < -0.39 is 29.7 Å². The highest BCUT2D eigenvalue weighted by Crippen LogP contribution is 2.21. The summed E-state index contributed by atoms with van der Waals surface area (Å²) in [5.41, 5.74) is 0.240. The van der Waals surface area contributed by atoms with Gasteiger partial charge in [0.05, 0.1) is 0 Å².